The Hall–Kier alpha value is -2.03. The van der Waals surface area contributed by atoms with Crippen molar-refractivity contribution >= 4 is 11.4 Å². The van der Waals surface area contributed by atoms with Crippen LogP contribution in [0.3, 0.4) is 0 Å². The maximum Gasteiger partial charge on any atom is 0.129 e. The first-order chi connectivity index (χ1) is 7.59. The first-order valence-corrected chi connectivity index (χ1v) is 5.13. The average molecular weight is 213 g/mol. The molecule has 0 spiro atoms. The summed E-state index contributed by atoms with van der Waals surface area (Å²) in [5.41, 5.74) is 10.1. The van der Waals surface area contributed by atoms with Gasteiger partial charge >= 0.3 is 0 Å². The zero-order valence-electron chi connectivity index (χ0n) is 9.57. The molecule has 0 radical (unpaired) electrons. The van der Waals surface area contributed by atoms with Gasteiger partial charge in [0.05, 0.1) is 6.20 Å². The fourth-order valence-electron chi connectivity index (χ4n) is 1.62. The van der Waals surface area contributed by atoms with Gasteiger partial charge in [0, 0.05) is 12.6 Å². The average Bonchev–Trinajstić information content (AvgIpc) is 2.60. The van der Waals surface area contributed by atoms with Crippen molar-refractivity contribution in [2.75, 3.05) is 5.73 Å². The van der Waals surface area contributed by atoms with E-state index in [2.05, 4.69) is 17.7 Å². The lowest BCUT2D eigenvalue weighted by Crippen LogP contribution is -1.98. The Morgan fingerprint density at radius 2 is 2.19 bits per heavy atom. The summed E-state index contributed by atoms with van der Waals surface area (Å²) in [5, 5.41) is 4.14. The lowest BCUT2D eigenvalue weighted by molar-refractivity contribution is 0.779. The van der Waals surface area contributed by atoms with E-state index in [9.17, 15) is 0 Å². The number of allylic oxidation sites excluding steroid dienone is 1. The summed E-state index contributed by atoms with van der Waals surface area (Å²) < 4.78 is 1.67. The molecule has 0 fully saturated rings. The second-order valence-electron chi connectivity index (χ2n) is 3.93. The van der Waals surface area contributed by atoms with E-state index in [1.165, 1.54) is 0 Å². The van der Waals surface area contributed by atoms with Gasteiger partial charge in [0.15, 0.2) is 0 Å². The van der Waals surface area contributed by atoms with E-state index < -0.39 is 0 Å². The van der Waals surface area contributed by atoms with Crippen molar-refractivity contribution in [2.45, 2.75) is 6.92 Å². The van der Waals surface area contributed by atoms with Gasteiger partial charge in [-0.3, -0.25) is 4.68 Å². The van der Waals surface area contributed by atoms with E-state index in [4.69, 9.17) is 5.73 Å². The van der Waals surface area contributed by atoms with Gasteiger partial charge in [-0.05, 0) is 24.1 Å². The lowest BCUT2D eigenvalue weighted by Gasteiger charge is -2.04. The molecular formula is C13H15N3. The fourth-order valence-corrected chi connectivity index (χ4v) is 1.62. The fraction of sp³-hybridized carbons (Fsp3) is 0.154. The minimum Gasteiger partial charge on any atom is -0.383 e. The number of hydrogen-bond acceptors (Lipinski definition) is 2. The SMILES string of the molecule is C=C(C)c1cccc(-c2cnn(C)c2N)c1. The second-order valence-corrected chi connectivity index (χ2v) is 3.93. The molecular weight excluding hydrogens is 198 g/mol. The third-order valence-corrected chi connectivity index (χ3v) is 2.65. The van der Waals surface area contributed by atoms with Crippen LogP contribution in [0.5, 0.6) is 0 Å². The Morgan fingerprint density at radius 1 is 1.44 bits per heavy atom. The number of rotatable bonds is 2. The minimum absolute atomic E-state index is 0.680. The number of anilines is 1. The number of aromatic nitrogens is 2. The summed E-state index contributed by atoms with van der Waals surface area (Å²) in [5.74, 6) is 0.680. The van der Waals surface area contributed by atoms with Crippen LogP contribution in [0.25, 0.3) is 16.7 Å². The van der Waals surface area contributed by atoms with Crippen LogP contribution in [0.4, 0.5) is 5.82 Å². The highest BCUT2D eigenvalue weighted by Crippen LogP contribution is 2.27. The topological polar surface area (TPSA) is 43.8 Å². The number of benzene rings is 1. The first kappa shape index (κ1) is 10.5. The normalized spacial score (nSPS) is 10.4. The van der Waals surface area contributed by atoms with Crippen molar-refractivity contribution in [3.8, 4) is 11.1 Å². The van der Waals surface area contributed by atoms with Crippen molar-refractivity contribution in [2.24, 2.45) is 7.05 Å². The molecule has 0 aliphatic carbocycles. The van der Waals surface area contributed by atoms with Gasteiger partial charge in [0.1, 0.15) is 5.82 Å². The van der Waals surface area contributed by atoms with E-state index in [1.807, 2.05) is 32.2 Å². The molecule has 1 heterocycles. The van der Waals surface area contributed by atoms with E-state index in [-0.39, 0.29) is 0 Å². The highest BCUT2D eigenvalue weighted by Gasteiger charge is 2.07. The Morgan fingerprint density at radius 3 is 2.75 bits per heavy atom. The molecule has 82 valence electrons. The highest BCUT2D eigenvalue weighted by atomic mass is 15.3. The smallest absolute Gasteiger partial charge is 0.129 e. The molecule has 3 heteroatoms. The molecule has 2 rings (SSSR count). The summed E-state index contributed by atoms with van der Waals surface area (Å²) in [6.45, 7) is 5.93. The van der Waals surface area contributed by atoms with Crippen LogP contribution in [0, 0.1) is 0 Å². The third kappa shape index (κ3) is 1.72. The molecule has 0 bridgehead atoms. The van der Waals surface area contributed by atoms with E-state index >= 15 is 0 Å². The van der Waals surface area contributed by atoms with E-state index in [0.29, 0.717) is 5.82 Å². The van der Waals surface area contributed by atoms with Crippen LogP contribution < -0.4 is 5.73 Å². The van der Waals surface area contributed by atoms with Gasteiger partial charge in [0.2, 0.25) is 0 Å². The number of hydrogen-bond donors (Lipinski definition) is 1. The zero-order valence-corrected chi connectivity index (χ0v) is 9.57. The molecule has 0 amide bonds. The highest BCUT2D eigenvalue weighted by molar-refractivity contribution is 5.76. The molecule has 0 saturated heterocycles. The maximum absolute atomic E-state index is 5.94. The second kappa shape index (κ2) is 3.85. The van der Waals surface area contributed by atoms with Crippen LogP contribution in [0.2, 0.25) is 0 Å². The van der Waals surface area contributed by atoms with E-state index in [1.54, 1.807) is 10.9 Å². The predicted molar refractivity (Wildman–Crippen MR) is 67.8 cm³/mol. The van der Waals surface area contributed by atoms with Gasteiger partial charge in [-0.2, -0.15) is 5.10 Å². The number of nitrogen functional groups attached to an aromatic ring is 1. The molecule has 1 aromatic carbocycles. The van der Waals surface area contributed by atoms with Crippen molar-refractivity contribution < 1.29 is 0 Å². The van der Waals surface area contributed by atoms with Crippen LogP contribution in [-0.4, -0.2) is 9.78 Å². The Balaban J connectivity index is 2.52. The molecule has 2 aromatic rings. The summed E-state index contributed by atoms with van der Waals surface area (Å²) in [6.07, 6.45) is 1.78. The zero-order chi connectivity index (χ0) is 11.7. The van der Waals surface area contributed by atoms with Crippen LogP contribution >= 0.6 is 0 Å². The van der Waals surface area contributed by atoms with Crippen LogP contribution in [0.1, 0.15) is 12.5 Å². The number of nitrogens with zero attached hydrogens (tertiary/aromatic N) is 2. The first-order valence-electron chi connectivity index (χ1n) is 5.13. The molecule has 0 saturated carbocycles. The standard InChI is InChI=1S/C13H15N3/c1-9(2)10-5-4-6-11(7-10)12-8-15-16(3)13(12)14/h4-8H,1,14H2,2-3H3. The largest absolute Gasteiger partial charge is 0.383 e. The summed E-state index contributed by atoms with van der Waals surface area (Å²) in [6, 6.07) is 8.15. The summed E-state index contributed by atoms with van der Waals surface area (Å²) >= 11 is 0. The quantitative estimate of drug-likeness (QED) is 0.833. The Kier molecular flexibility index (Phi) is 2.52. The van der Waals surface area contributed by atoms with Crippen molar-refractivity contribution in [1.82, 2.24) is 9.78 Å². The molecule has 0 aliphatic heterocycles. The van der Waals surface area contributed by atoms with Crippen molar-refractivity contribution in [3.05, 3.63) is 42.6 Å². The van der Waals surface area contributed by atoms with E-state index in [0.717, 1.165) is 22.3 Å². The molecule has 2 N–H and O–H groups in total. The summed E-state index contributed by atoms with van der Waals surface area (Å²) in [7, 11) is 1.83. The Bertz CT molecular complexity index is 538. The molecule has 16 heavy (non-hydrogen) atoms. The van der Waals surface area contributed by atoms with Gasteiger partial charge in [0.25, 0.3) is 0 Å². The number of nitrogens with two attached hydrogens (primary N) is 1. The summed E-state index contributed by atoms with van der Waals surface area (Å²) in [4.78, 5) is 0. The van der Waals surface area contributed by atoms with Gasteiger partial charge in [-0.25, -0.2) is 0 Å². The maximum atomic E-state index is 5.94. The molecule has 0 atom stereocenters. The Labute approximate surface area is 95.2 Å². The predicted octanol–water partition coefficient (Wildman–Crippen LogP) is 2.70. The monoisotopic (exact) mass is 213 g/mol. The van der Waals surface area contributed by atoms with Crippen molar-refractivity contribution in [3.63, 3.8) is 0 Å². The van der Waals surface area contributed by atoms with Crippen LogP contribution in [0.15, 0.2) is 37.0 Å². The molecule has 0 unspecified atom stereocenters. The number of aryl methyl sites for hydroxylation is 1. The molecule has 3 nitrogen and oxygen atoms in total. The third-order valence-electron chi connectivity index (χ3n) is 2.65. The van der Waals surface area contributed by atoms with Crippen molar-refractivity contribution in [1.29, 1.82) is 0 Å². The molecule has 1 aromatic heterocycles. The minimum atomic E-state index is 0.680. The van der Waals surface area contributed by atoms with Gasteiger partial charge < -0.3 is 5.73 Å². The van der Waals surface area contributed by atoms with Gasteiger partial charge in [-0.15, -0.1) is 0 Å². The van der Waals surface area contributed by atoms with Crippen LogP contribution in [-0.2, 0) is 7.05 Å². The van der Waals surface area contributed by atoms with Gasteiger partial charge in [-0.1, -0.05) is 30.4 Å². The lowest BCUT2D eigenvalue weighted by atomic mass is 10.0. The molecule has 0 aliphatic rings.